The number of benzene rings is 1. The Morgan fingerprint density at radius 1 is 1.33 bits per heavy atom. The highest BCUT2D eigenvalue weighted by Gasteiger charge is 2.11. The van der Waals surface area contributed by atoms with Crippen LogP contribution in [0.5, 0.6) is 0 Å². The molecule has 0 fully saturated rings. The van der Waals surface area contributed by atoms with Crippen LogP contribution in [0.4, 0.5) is 4.39 Å². The fourth-order valence-electron chi connectivity index (χ4n) is 2.08. The van der Waals surface area contributed by atoms with E-state index in [1.807, 2.05) is 18.3 Å². The SMILES string of the molecule is CCNC(CSc1ccccc1F)Cc1cncc(Br)c1. The summed E-state index contributed by atoms with van der Waals surface area (Å²) in [5.74, 6) is 0.670. The van der Waals surface area contributed by atoms with Crippen molar-refractivity contribution in [3.63, 3.8) is 0 Å². The van der Waals surface area contributed by atoms with Crippen LogP contribution in [-0.2, 0) is 6.42 Å². The quantitative estimate of drug-likeness (QED) is 0.737. The molecule has 1 heterocycles. The van der Waals surface area contributed by atoms with Gasteiger partial charge in [-0.3, -0.25) is 4.98 Å². The number of hydrogen-bond donors (Lipinski definition) is 1. The summed E-state index contributed by atoms with van der Waals surface area (Å²) in [7, 11) is 0. The Balaban J connectivity index is 1.97. The molecule has 2 nitrogen and oxygen atoms in total. The van der Waals surface area contributed by atoms with Crippen molar-refractivity contribution in [1.82, 2.24) is 10.3 Å². The van der Waals surface area contributed by atoms with Crippen molar-refractivity contribution in [3.05, 3.63) is 58.6 Å². The minimum Gasteiger partial charge on any atom is -0.313 e. The molecule has 1 unspecified atom stereocenters. The van der Waals surface area contributed by atoms with E-state index < -0.39 is 0 Å². The lowest BCUT2D eigenvalue weighted by molar-refractivity contribution is 0.570. The maximum Gasteiger partial charge on any atom is 0.136 e. The number of halogens is 2. The zero-order valence-corrected chi connectivity index (χ0v) is 14.3. The number of aromatic nitrogens is 1. The smallest absolute Gasteiger partial charge is 0.136 e. The van der Waals surface area contributed by atoms with Crippen molar-refractivity contribution in [2.24, 2.45) is 0 Å². The van der Waals surface area contributed by atoms with Gasteiger partial charge in [0.25, 0.3) is 0 Å². The van der Waals surface area contributed by atoms with Gasteiger partial charge in [0.1, 0.15) is 5.82 Å². The van der Waals surface area contributed by atoms with E-state index in [4.69, 9.17) is 0 Å². The van der Waals surface area contributed by atoms with E-state index in [2.05, 4.69) is 39.2 Å². The van der Waals surface area contributed by atoms with E-state index in [0.717, 1.165) is 23.2 Å². The molecule has 0 saturated heterocycles. The third-order valence-corrected chi connectivity index (χ3v) is 4.66. The number of hydrogen-bond acceptors (Lipinski definition) is 3. The van der Waals surface area contributed by atoms with Crippen molar-refractivity contribution in [2.75, 3.05) is 12.3 Å². The third-order valence-electron chi connectivity index (χ3n) is 3.01. The number of thioether (sulfide) groups is 1. The van der Waals surface area contributed by atoms with Crippen LogP contribution >= 0.6 is 27.7 Å². The maximum atomic E-state index is 13.6. The third kappa shape index (κ3) is 5.41. The number of rotatable bonds is 7. The van der Waals surface area contributed by atoms with Gasteiger partial charge in [0, 0.05) is 33.6 Å². The largest absolute Gasteiger partial charge is 0.313 e. The Hall–Kier alpha value is -0.910. The molecule has 0 aliphatic rings. The van der Waals surface area contributed by atoms with Gasteiger partial charge in [0.2, 0.25) is 0 Å². The summed E-state index contributed by atoms with van der Waals surface area (Å²) in [6.45, 7) is 2.98. The van der Waals surface area contributed by atoms with Gasteiger partial charge in [-0.2, -0.15) is 0 Å². The van der Waals surface area contributed by atoms with Gasteiger partial charge in [0.05, 0.1) is 0 Å². The fourth-order valence-corrected chi connectivity index (χ4v) is 3.49. The molecule has 2 aromatic rings. The lowest BCUT2D eigenvalue weighted by Gasteiger charge is -2.17. The fraction of sp³-hybridized carbons (Fsp3) is 0.312. The zero-order valence-electron chi connectivity index (χ0n) is 11.9. The lowest BCUT2D eigenvalue weighted by atomic mass is 10.1. The highest BCUT2D eigenvalue weighted by molar-refractivity contribution is 9.10. The van der Waals surface area contributed by atoms with Crippen LogP contribution in [0, 0.1) is 5.82 Å². The van der Waals surface area contributed by atoms with E-state index in [0.29, 0.717) is 4.90 Å². The molecule has 1 N–H and O–H groups in total. The Morgan fingerprint density at radius 3 is 2.86 bits per heavy atom. The molecular weight excluding hydrogens is 351 g/mol. The molecule has 112 valence electrons. The Bertz CT molecular complexity index is 580. The Morgan fingerprint density at radius 2 is 2.14 bits per heavy atom. The van der Waals surface area contributed by atoms with Crippen molar-refractivity contribution in [2.45, 2.75) is 24.3 Å². The summed E-state index contributed by atoms with van der Waals surface area (Å²) < 4.78 is 14.6. The van der Waals surface area contributed by atoms with E-state index >= 15 is 0 Å². The van der Waals surface area contributed by atoms with E-state index in [9.17, 15) is 4.39 Å². The monoisotopic (exact) mass is 368 g/mol. The second-order valence-corrected chi connectivity index (χ2v) is 6.69. The van der Waals surface area contributed by atoms with Gasteiger partial charge in [-0.15, -0.1) is 11.8 Å². The van der Waals surface area contributed by atoms with Crippen molar-refractivity contribution in [1.29, 1.82) is 0 Å². The predicted molar refractivity (Wildman–Crippen MR) is 90.2 cm³/mol. The number of nitrogens with one attached hydrogen (secondary N) is 1. The average Bonchev–Trinajstić information content (AvgIpc) is 2.46. The molecule has 1 aromatic carbocycles. The molecule has 0 amide bonds. The first-order valence-corrected chi connectivity index (χ1v) is 8.67. The summed E-state index contributed by atoms with van der Waals surface area (Å²) in [6, 6.07) is 9.27. The molecule has 2 rings (SSSR count). The molecule has 0 spiro atoms. The summed E-state index contributed by atoms with van der Waals surface area (Å²) in [5.41, 5.74) is 1.17. The summed E-state index contributed by atoms with van der Waals surface area (Å²) in [4.78, 5) is 4.89. The highest BCUT2D eigenvalue weighted by atomic mass is 79.9. The van der Waals surface area contributed by atoms with Crippen LogP contribution in [0.1, 0.15) is 12.5 Å². The van der Waals surface area contributed by atoms with Gasteiger partial charge in [-0.1, -0.05) is 19.1 Å². The minimum absolute atomic E-state index is 0.151. The molecule has 0 aliphatic carbocycles. The first kappa shape index (κ1) is 16.5. The number of nitrogens with zero attached hydrogens (tertiary/aromatic N) is 1. The molecule has 1 atom stereocenters. The molecule has 1 aromatic heterocycles. The molecule has 0 saturated carbocycles. The second kappa shape index (κ2) is 8.51. The molecular formula is C16H18BrFN2S. The number of likely N-dealkylation sites (N-methyl/N-ethyl adjacent to an activating group) is 1. The average molecular weight is 369 g/mol. The molecule has 0 bridgehead atoms. The normalized spacial score (nSPS) is 12.3. The van der Waals surface area contributed by atoms with E-state index in [1.54, 1.807) is 24.0 Å². The molecule has 0 radical (unpaired) electrons. The molecule has 5 heteroatoms. The van der Waals surface area contributed by atoms with Gasteiger partial charge >= 0.3 is 0 Å². The van der Waals surface area contributed by atoms with Gasteiger partial charge in [-0.25, -0.2) is 4.39 Å². The second-order valence-electron chi connectivity index (χ2n) is 4.71. The van der Waals surface area contributed by atoms with Crippen LogP contribution in [-0.4, -0.2) is 23.3 Å². The summed E-state index contributed by atoms with van der Waals surface area (Å²) in [5, 5.41) is 3.45. The Kier molecular flexibility index (Phi) is 6.67. The first-order valence-electron chi connectivity index (χ1n) is 6.89. The van der Waals surface area contributed by atoms with Gasteiger partial charge in [-0.05, 0) is 52.7 Å². The predicted octanol–water partition coefficient (Wildman–Crippen LogP) is 4.30. The van der Waals surface area contributed by atoms with E-state index in [1.165, 1.54) is 11.6 Å². The van der Waals surface area contributed by atoms with Gasteiger partial charge in [0.15, 0.2) is 0 Å². The van der Waals surface area contributed by atoms with Crippen molar-refractivity contribution < 1.29 is 4.39 Å². The van der Waals surface area contributed by atoms with E-state index in [-0.39, 0.29) is 11.9 Å². The van der Waals surface area contributed by atoms with Crippen LogP contribution in [0.2, 0.25) is 0 Å². The molecule has 21 heavy (non-hydrogen) atoms. The van der Waals surface area contributed by atoms with Crippen molar-refractivity contribution >= 4 is 27.7 Å². The first-order chi connectivity index (χ1) is 10.2. The van der Waals surface area contributed by atoms with Crippen molar-refractivity contribution in [3.8, 4) is 0 Å². The van der Waals surface area contributed by atoms with Crippen LogP contribution < -0.4 is 5.32 Å². The molecule has 0 aliphatic heterocycles. The number of pyridine rings is 1. The minimum atomic E-state index is -0.151. The Labute approximate surface area is 137 Å². The standard InChI is InChI=1S/C16H18BrFN2S/c1-2-20-14(8-12-7-13(17)10-19-9-12)11-21-16-6-4-3-5-15(16)18/h3-7,9-10,14,20H,2,8,11H2,1H3. The lowest BCUT2D eigenvalue weighted by Crippen LogP contribution is -2.33. The summed E-state index contributed by atoms with van der Waals surface area (Å²) >= 11 is 4.99. The van der Waals surface area contributed by atoms with Gasteiger partial charge < -0.3 is 5.32 Å². The zero-order chi connectivity index (χ0) is 15.1. The summed E-state index contributed by atoms with van der Waals surface area (Å²) in [6.07, 6.45) is 4.53. The topological polar surface area (TPSA) is 24.9 Å². The maximum absolute atomic E-state index is 13.6. The highest BCUT2D eigenvalue weighted by Crippen LogP contribution is 2.23. The van der Waals surface area contributed by atoms with Crippen LogP contribution in [0.25, 0.3) is 0 Å². The van der Waals surface area contributed by atoms with Crippen LogP contribution in [0.15, 0.2) is 52.1 Å². The van der Waals surface area contributed by atoms with Crippen LogP contribution in [0.3, 0.4) is 0 Å².